The molecule has 1 fully saturated rings. The van der Waals surface area contributed by atoms with Crippen LogP contribution in [0.25, 0.3) is 0 Å². The number of carbonyl (C=O) groups is 1. The van der Waals surface area contributed by atoms with Crippen molar-refractivity contribution in [3.05, 3.63) is 34.9 Å². The van der Waals surface area contributed by atoms with Crippen LogP contribution in [0.4, 0.5) is 0 Å². The highest BCUT2D eigenvalue weighted by Crippen LogP contribution is 2.47. The van der Waals surface area contributed by atoms with Gasteiger partial charge >= 0.3 is 0 Å². The molecule has 106 valence electrons. The minimum Gasteiger partial charge on any atom is -0.351 e. The zero-order valence-corrected chi connectivity index (χ0v) is 12.3. The highest BCUT2D eigenvalue weighted by molar-refractivity contribution is 5.96. The van der Waals surface area contributed by atoms with Gasteiger partial charge in [0.2, 0.25) is 0 Å². The molecule has 1 saturated carbocycles. The summed E-state index contributed by atoms with van der Waals surface area (Å²) in [5, 5.41) is 3.06. The van der Waals surface area contributed by atoms with Crippen molar-refractivity contribution in [1.82, 2.24) is 5.32 Å². The van der Waals surface area contributed by atoms with Gasteiger partial charge in [-0.05, 0) is 49.3 Å². The highest BCUT2D eigenvalue weighted by Gasteiger charge is 2.40. The summed E-state index contributed by atoms with van der Waals surface area (Å²) in [5.41, 5.74) is 8.25. The number of amides is 1. The standard InChI is InChI=1S/C17H22N2O/c1-3-17(8-9-17)12-19-16(20)15-11-14(5-4-10-18)7-6-13(15)2/h6-7,11H,3,8-10,12,18H2,1-2H3,(H,19,20). The number of benzene rings is 1. The fraction of sp³-hybridized carbons (Fsp3) is 0.471. The van der Waals surface area contributed by atoms with Crippen molar-refractivity contribution in [2.75, 3.05) is 13.1 Å². The largest absolute Gasteiger partial charge is 0.351 e. The second-order valence-electron chi connectivity index (χ2n) is 5.57. The molecule has 20 heavy (non-hydrogen) atoms. The number of hydrogen-bond donors (Lipinski definition) is 2. The van der Waals surface area contributed by atoms with E-state index < -0.39 is 0 Å². The molecule has 0 heterocycles. The zero-order valence-electron chi connectivity index (χ0n) is 12.3. The van der Waals surface area contributed by atoms with Gasteiger partial charge in [0, 0.05) is 17.7 Å². The van der Waals surface area contributed by atoms with E-state index in [2.05, 4.69) is 24.1 Å². The molecular formula is C17H22N2O. The van der Waals surface area contributed by atoms with Crippen molar-refractivity contribution >= 4 is 5.91 Å². The maximum absolute atomic E-state index is 12.3. The maximum atomic E-state index is 12.3. The van der Waals surface area contributed by atoms with Gasteiger partial charge in [-0.15, -0.1) is 0 Å². The van der Waals surface area contributed by atoms with Gasteiger partial charge in [-0.2, -0.15) is 0 Å². The normalized spacial score (nSPS) is 15.2. The van der Waals surface area contributed by atoms with Gasteiger partial charge in [-0.1, -0.05) is 24.8 Å². The number of carbonyl (C=O) groups excluding carboxylic acids is 1. The van der Waals surface area contributed by atoms with E-state index in [-0.39, 0.29) is 5.91 Å². The van der Waals surface area contributed by atoms with Crippen LogP contribution in [-0.2, 0) is 0 Å². The zero-order chi connectivity index (χ0) is 14.6. The van der Waals surface area contributed by atoms with Crippen LogP contribution < -0.4 is 11.1 Å². The lowest BCUT2D eigenvalue weighted by molar-refractivity contribution is 0.0943. The second kappa shape index (κ2) is 6.11. The Kier molecular flexibility index (Phi) is 4.46. The molecule has 0 aromatic heterocycles. The Morgan fingerprint density at radius 1 is 1.45 bits per heavy atom. The van der Waals surface area contributed by atoms with Crippen molar-refractivity contribution in [2.24, 2.45) is 11.1 Å². The summed E-state index contributed by atoms with van der Waals surface area (Å²) in [6.45, 7) is 5.24. The van der Waals surface area contributed by atoms with Gasteiger partial charge in [0.25, 0.3) is 5.91 Å². The first-order chi connectivity index (χ1) is 9.60. The fourth-order valence-electron chi connectivity index (χ4n) is 2.29. The molecule has 1 aromatic rings. The molecule has 2 rings (SSSR count). The van der Waals surface area contributed by atoms with Crippen LogP contribution in [0.15, 0.2) is 18.2 Å². The Morgan fingerprint density at radius 3 is 2.80 bits per heavy atom. The third kappa shape index (κ3) is 3.40. The van der Waals surface area contributed by atoms with E-state index >= 15 is 0 Å². The number of rotatable bonds is 4. The van der Waals surface area contributed by atoms with E-state index in [1.807, 2.05) is 25.1 Å². The molecule has 0 unspecified atom stereocenters. The highest BCUT2D eigenvalue weighted by atomic mass is 16.1. The van der Waals surface area contributed by atoms with E-state index in [0.29, 0.717) is 17.5 Å². The van der Waals surface area contributed by atoms with E-state index in [4.69, 9.17) is 5.73 Å². The summed E-state index contributed by atoms with van der Waals surface area (Å²) in [5.74, 6) is 5.78. The van der Waals surface area contributed by atoms with E-state index in [1.165, 1.54) is 12.8 Å². The predicted molar refractivity (Wildman–Crippen MR) is 81.4 cm³/mol. The predicted octanol–water partition coefficient (Wildman–Crippen LogP) is 2.23. The van der Waals surface area contributed by atoms with Crippen LogP contribution >= 0.6 is 0 Å². The van der Waals surface area contributed by atoms with Crippen LogP contribution in [0.2, 0.25) is 0 Å². The molecule has 3 nitrogen and oxygen atoms in total. The summed E-state index contributed by atoms with van der Waals surface area (Å²) in [7, 11) is 0. The second-order valence-corrected chi connectivity index (χ2v) is 5.57. The lowest BCUT2D eigenvalue weighted by Gasteiger charge is -2.14. The summed E-state index contributed by atoms with van der Waals surface area (Å²) in [6, 6.07) is 5.70. The van der Waals surface area contributed by atoms with E-state index in [0.717, 1.165) is 24.1 Å². The molecule has 0 saturated heterocycles. The van der Waals surface area contributed by atoms with Crippen LogP contribution in [0.1, 0.15) is 47.7 Å². The van der Waals surface area contributed by atoms with Crippen LogP contribution in [-0.4, -0.2) is 19.0 Å². The SMILES string of the molecule is CCC1(CNC(=O)c2cc(C#CCN)ccc2C)CC1. The lowest BCUT2D eigenvalue weighted by Crippen LogP contribution is -2.30. The quantitative estimate of drug-likeness (QED) is 0.824. The van der Waals surface area contributed by atoms with Crippen LogP contribution in [0.5, 0.6) is 0 Å². The molecular weight excluding hydrogens is 248 g/mol. The molecule has 0 aliphatic heterocycles. The molecule has 1 aromatic carbocycles. The van der Waals surface area contributed by atoms with E-state index in [9.17, 15) is 4.79 Å². The van der Waals surface area contributed by atoms with Crippen LogP contribution in [0.3, 0.4) is 0 Å². The summed E-state index contributed by atoms with van der Waals surface area (Å²) in [4.78, 5) is 12.3. The number of nitrogens with one attached hydrogen (secondary N) is 1. The number of hydrogen-bond acceptors (Lipinski definition) is 2. The van der Waals surface area contributed by atoms with Crippen LogP contribution in [0, 0.1) is 24.2 Å². The smallest absolute Gasteiger partial charge is 0.251 e. The molecule has 0 spiro atoms. The van der Waals surface area contributed by atoms with Crippen molar-refractivity contribution in [1.29, 1.82) is 0 Å². The number of aryl methyl sites for hydroxylation is 1. The molecule has 1 aliphatic rings. The number of nitrogens with two attached hydrogens (primary N) is 1. The average molecular weight is 270 g/mol. The van der Waals surface area contributed by atoms with Gasteiger partial charge in [0.15, 0.2) is 0 Å². The minimum atomic E-state index is -0.00127. The Hall–Kier alpha value is -1.79. The third-order valence-electron chi connectivity index (χ3n) is 4.15. The fourth-order valence-corrected chi connectivity index (χ4v) is 2.29. The summed E-state index contributed by atoms with van der Waals surface area (Å²) in [6.07, 6.45) is 3.59. The Bertz CT molecular complexity index is 562. The Morgan fingerprint density at radius 2 is 2.20 bits per heavy atom. The van der Waals surface area contributed by atoms with Crippen molar-refractivity contribution < 1.29 is 4.79 Å². The van der Waals surface area contributed by atoms with Crippen molar-refractivity contribution in [3.8, 4) is 11.8 Å². The first kappa shape index (κ1) is 14.6. The van der Waals surface area contributed by atoms with Gasteiger partial charge < -0.3 is 11.1 Å². The first-order valence-electron chi connectivity index (χ1n) is 7.18. The molecule has 0 bridgehead atoms. The maximum Gasteiger partial charge on any atom is 0.251 e. The summed E-state index contributed by atoms with van der Waals surface area (Å²) < 4.78 is 0. The Balaban J connectivity index is 2.08. The van der Waals surface area contributed by atoms with Crippen molar-refractivity contribution in [3.63, 3.8) is 0 Å². The first-order valence-corrected chi connectivity index (χ1v) is 7.18. The van der Waals surface area contributed by atoms with Gasteiger partial charge in [-0.25, -0.2) is 0 Å². The summed E-state index contributed by atoms with van der Waals surface area (Å²) >= 11 is 0. The Labute approximate surface area is 120 Å². The van der Waals surface area contributed by atoms with Gasteiger partial charge in [-0.3, -0.25) is 4.79 Å². The van der Waals surface area contributed by atoms with E-state index in [1.54, 1.807) is 0 Å². The molecule has 3 N–H and O–H groups in total. The van der Waals surface area contributed by atoms with Gasteiger partial charge in [0.1, 0.15) is 0 Å². The average Bonchev–Trinajstić information content (AvgIpc) is 3.24. The molecule has 3 heteroatoms. The van der Waals surface area contributed by atoms with Crippen molar-refractivity contribution in [2.45, 2.75) is 33.1 Å². The third-order valence-corrected chi connectivity index (χ3v) is 4.15. The molecule has 0 radical (unpaired) electrons. The molecule has 0 atom stereocenters. The lowest BCUT2D eigenvalue weighted by atomic mass is 10.0. The topological polar surface area (TPSA) is 55.1 Å². The van der Waals surface area contributed by atoms with Gasteiger partial charge in [0.05, 0.1) is 6.54 Å². The monoisotopic (exact) mass is 270 g/mol. The minimum absolute atomic E-state index is 0.00127. The molecule has 1 amide bonds. The molecule has 1 aliphatic carbocycles.